The van der Waals surface area contributed by atoms with E-state index in [1.165, 1.54) is 0 Å². The van der Waals surface area contributed by atoms with Crippen LogP contribution < -0.4 is 10.5 Å². The normalized spacial score (nSPS) is 12.0. The van der Waals surface area contributed by atoms with Gasteiger partial charge in [0.1, 0.15) is 5.75 Å². The first-order valence-corrected chi connectivity index (χ1v) is 6.91. The van der Waals surface area contributed by atoms with E-state index in [-0.39, 0.29) is 12.0 Å². The van der Waals surface area contributed by atoms with Crippen LogP contribution in [0.15, 0.2) is 18.2 Å². The fraction of sp³-hybridized carbons (Fsp3) is 0.462. The molecule has 2 N–H and O–H groups in total. The predicted molar refractivity (Wildman–Crippen MR) is 78.5 cm³/mol. The highest BCUT2D eigenvalue weighted by Crippen LogP contribution is 2.28. The summed E-state index contributed by atoms with van der Waals surface area (Å²) in [6.07, 6.45) is 0.874. The second-order valence-corrected chi connectivity index (χ2v) is 5.08. The second kappa shape index (κ2) is 7.58. The molecule has 0 aliphatic rings. The third-order valence-corrected chi connectivity index (χ3v) is 3.23. The Labute approximate surface area is 121 Å². The average molecular weight is 363 g/mol. The zero-order valence-corrected chi connectivity index (χ0v) is 12.8. The number of rotatable bonds is 6. The molecular weight excluding hydrogens is 345 g/mol. The molecule has 0 amide bonds. The molecule has 1 atom stereocenters. The summed E-state index contributed by atoms with van der Waals surface area (Å²) in [5.74, 6) is 0.546. The largest absolute Gasteiger partial charge is 0.496 e. The number of carbonyl (C=O) groups excluding carboxylic acids is 1. The van der Waals surface area contributed by atoms with Gasteiger partial charge in [0.25, 0.3) is 0 Å². The van der Waals surface area contributed by atoms with E-state index in [1.807, 2.05) is 18.2 Å². The molecule has 0 radical (unpaired) electrons. The minimum Gasteiger partial charge on any atom is -0.496 e. The molecule has 0 saturated carbocycles. The molecule has 0 aromatic heterocycles. The number of hydrogen-bond acceptors (Lipinski definition) is 4. The molecule has 18 heavy (non-hydrogen) atoms. The van der Waals surface area contributed by atoms with Crippen molar-refractivity contribution in [2.75, 3.05) is 13.7 Å². The molecule has 0 bridgehead atoms. The van der Waals surface area contributed by atoms with Gasteiger partial charge in [0, 0.05) is 21.6 Å². The Kier molecular flexibility index (Phi) is 6.42. The molecule has 0 saturated heterocycles. The van der Waals surface area contributed by atoms with Crippen LogP contribution >= 0.6 is 22.6 Å². The van der Waals surface area contributed by atoms with E-state index in [0.717, 1.165) is 14.9 Å². The van der Waals surface area contributed by atoms with Crippen molar-refractivity contribution < 1.29 is 14.3 Å². The van der Waals surface area contributed by atoms with Crippen LogP contribution in [0.2, 0.25) is 0 Å². The lowest BCUT2D eigenvalue weighted by atomic mass is 10.0. The molecule has 4 nitrogen and oxygen atoms in total. The number of esters is 1. The van der Waals surface area contributed by atoms with Crippen LogP contribution in [0.5, 0.6) is 5.75 Å². The lowest BCUT2D eigenvalue weighted by molar-refractivity contribution is -0.143. The van der Waals surface area contributed by atoms with E-state index in [4.69, 9.17) is 15.2 Å². The van der Waals surface area contributed by atoms with Gasteiger partial charge < -0.3 is 15.2 Å². The average Bonchev–Trinajstić information content (AvgIpc) is 2.36. The van der Waals surface area contributed by atoms with Gasteiger partial charge in [-0.3, -0.25) is 4.79 Å². The maximum absolute atomic E-state index is 11.3. The van der Waals surface area contributed by atoms with Gasteiger partial charge in [0.15, 0.2) is 0 Å². The maximum Gasteiger partial charge on any atom is 0.305 e. The van der Waals surface area contributed by atoms with Gasteiger partial charge in [-0.2, -0.15) is 0 Å². The van der Waals surface area contributed by atoms with Crippen molar-refractivity contribution in [2.45, 2.75) is 25.8 Å². The first-order valence-electron chi connectivity index (χ1n) is 5.83. The highest BCUT2D eigenvalue weighted by atomic mass is 127. The van der Waals surface area contributed by atoms with Crippen LogP contribution in [-0.4, -0.2) is 19.7 Å². The number of nitrogens with two attached hydrogens (primary N) is 1. The van der Waals surface area contributed by atoms with E-state index in [0.29, 0.717) is 19.4 Å². The molecule has 5 heteroatoms. The van der Waals surface area contributed by atoms with Gasteiger partial charge >= 0.3 is 5.97 Å². The molecule has 0 heterocycles. The van der Waals surface area contributed by atoms with Crippen molar-refractivity contribution in [1.82, 2.24) is 0 Å². The number of ether oxygens (including phenoxy) is 2. The SMILES string of the molecule is CCOC(=O)CCC(N)c1cc(I)ccc1OC. The Hall–Kier alpha value is -0.820. The van der Waals surface area contributed by atoms with E-state index in [9.17, 15) is 4.79 Å². The Balaban J connectivity index is 2.68. The van der Waals surface area contributed by atoms with E-state index in [1.54, 1.807) is 14.0 Å². The summed E-state index contributed by atoms with van der Waals surface area (Å²) in [5.41, 5.74) is 7.02. The molecule has 1 unspecified atom stereocenters. The topological polar surface area (TPSA) is 61.5 Å². The number of methoxy groups -OCH3 is 1. The van der Waals surface area contributed by atoms with E-state index in [2.05, 4.69) is 22.6 Å². The van der Waals surface area contributed by atoms with Crippen LogP contribution in [-0.2, 0) is 9.53 Å². The summed E-state index contributed by atoms with van der Waals surface area (Å²) < 4.78 is 11.3. The lowest BCUT2D eigenvalue weighted by Crippen LogP contribution is -2.14. The summed E-state index contributed by atoms with van der Waals surface area (Å²) in [6, 6.07) is 5.61. The zero-order chi connectivity index (χ0) is 13.5. The fourth-order valence-electron chi connectivity index (χ4n) is 1.66. The third kappa shape index (κ3) is 4.45. The van der Waals surface area contributed by atoms with Crippen molar-refractivity contribution >= 4 is 28.6 Å². The fourth-order valence-corrected chi connectivity index (χ4v) is 2.17. The van der Waals surface area contributed by atoms with Gasteiger partial charge in [-0.05, 0) is 54.1 Å². The van der Waals surface area contributed by atoms with Crippen molar-refractivity contribution in [2.24, 2.45) is 5.73 Å². The first kappa shape index (κ1) is 15.2. The molecule has 0 fully saturated rings. The number of hydrogen-bond donors (Lipinski definition) is 1. The standard InChI is InChI=1S/C13H18INO3/c1-3-18-13(16)7-5-11(15)10-8-9(14)4-6-12(10)17-2/h4,6,8,11H,3,5,7,15H2,1-2H3. The molecule has 1 aromatic rings. The summed E-state index contributed by atoms with van der Waals surface area (Å²) in [5, 5.41) is 0. The minimum absolute atomic E-state index is 0.211. The molecule has 1 rings (SSSR count). The Morgan fingerprint density at radius 1 is 1.50 bits per heavy atom. The Bertz CT molecular complexity index is 409. The monoisotopic (exact) mass is 363 g/mol. The highest BCUT2D eigenvalue weighted by Gasteiger charge is 2.14. The zero-order valence-electron chi connectivity index (χ0n) is 10.6. The Morgan fingerprint density at radius 2 is 2.22 bits per heavy atom. The summed E-state index contributed by atoms with van der Waals surface area (Å²) in [7, 11) is 1.61. The van der Waals surface area contributed by atoms with Crippen LogP contribution in [0.1, 0.15) is 31.4 Å². The number of benzene rings is 1. The summed E-state index contributed by atoms with van der Waals surface area (Å²) in [4.78, 5) is 11.3. The van der Waals surface area contributed by atoms with Crippen LogP contribution in [0.4, 0.5) is 0 Å². The van der Waals surface area contributed by atoms with Crippen molar-refractivity contribution in [3.8, 4) is 5.75 Å². The van der Waals surface area contributed by atoms with Gasteiger partial charge in [-0.1, -0.05) is 0 Å². The van der Waals surface area contributed by atoms with Crippen molar-refractivity contribution in [1.29, 1.82) is 0 Å². The molecule has 0 aliphatic carbocycles. The quantitative estimate of drug-likeness (QED) is 0.624. The molecule has 1 aromatic carbocycles. The van der Waals surface area contributed by atoms with E-state index >= 15 is 0 Å². The smallest absolute Gasteiger partial charge is 0.305 e. The molecular formula is C13H18INO3. The van der Waals surface area contributed by atoms with Gasteiger partial charge in [-0.15, -0.1) is 0 Å². The number of carbonyl (C=O) groups is 1. The van der Waals surface area contributed by atoms with Crippen molar-refractivity contribution in [3.05, 3.63) is 27.3 Å². The molecule has 0 spiro atoms. The maximum atomic E-state index is 11.3. The Morgan fingerprint density at radius 3 is 2.83 bits per heavy atom. The third-order valence-electron chi connectivity index (χ3n) is 2.56. The van der Waals surface area contributed by atoms with E-state index < -0.39 is 0 Å². The number of halogens is 1. The highest BCUT2D eigenvalue weighted by molar-refractivity contribution is 14.1. The first-order chi connectivity index (χ1) is 8.58. The predicted octanol–water partition coefficient (Wildman–Crippen LogP) is 2.64. The van der Waals surface area contributed by atoms with Crippen molar-refractivity contribution in [3.63, 3.8) is 0 Å². The summed E-state index contributed by atoms with van der Waals surface area (Å²) in [6.45, 7) is 2.20. The van der Waals surface area contributed by atoms with Crippen LogP contribution in [0.25, 0.3) is 0 Å². The van der Waals surface area contributed by atoms with Crippen LogP contribution in [0.3, 0.4) is 0 Å². The van der Waals surface area contributed by atoms with Crippen LogP contribution in [0, 0.1) is 3.57 Å². The second-order valence-electron chi connectivity index (χ2n) is 3.84. The minimum atomic E-state index is -0.223. The van der Waals surface area contributed by atoms with Gasteiger partial charge in [-0.25, -0.2) is 0 Å². The molecule has 0 aliphatic heterocycles. The summed E-state index contributed by atoms with van der Waals surface area (Å²) >= 11 is 2.22. The lowest BCUT2D eigenvalue weighted by Gasteiger charge is -2.15. The van der Waals surface area contributed by atoms with Gasteiger partial charge in [0.05, 0.1) is 13.7 Å². The molecule has 100 valence electrons. The van der Waals surface area contributed by atoms with Gasteiger partial charge in [0.2, 0.25) is 0 Å².